The Hall–Kier alpha value is -7.26. The second-order valence-electron chi connectivity index (χ2n) is 13.3. The van der Waals surface area contributed by atoms with E-state index in [2.05, 4.69) is 186 Å². The second kappa shape index (κ2) is 12.8. The molecule has 0 saturated heterocycles. The van der Waals surface area contributed by atoms with Gasteiger partial charge in [0.15, 0.2) is 0 Å². The Balaban J connectivity index is 1.35. The summed E-state index contributed by atoms with van der Waals surface area (Å²) in [6.45, 7) is 0. The first-order chi connectivity index (χ1) is 26.3. The van der Waals surface area contributed by atoms with Crippen molar-refractivity contribution in [2.24, 2.45) is 0 Å². The summed E-state index contributed by atoms with van der Waals surface area (Å²) in [5.41, 5.74) is 21.5. The molecule has 248 valence electrons. The molecule has 0 spiro atoms. The minimum atomic E-state index is 0.889. The van der Waals surface area contributed by atoms with Gasteiger partial charge in [0.05, 0.1) is 22.8 Å². The number of nitrogens with zero attached hydrogens (tertiary/aromatic N) is 2. The average Bonchev–Trinajstić information content (AvgIpc) is 4.07. The summed E-state index contributed by atoms with van der Waals surface area (Å²) in [5.74, 6) is 0. The van der Waals surface area contributed by atoms with Gasteiger partial charge < -0.3 is 9.97 Å². The minimum Gasteiger partial charge on any atom is -0.354 e. The van der Waals surface area contributed by atoms with Crippen LogP contribution in [0, 0.1) is 0 Å². The van der Waals surface area contributed by atoms with Gasteiger partial charge in [-0.1, -0.05) is 121 Å². The Kier molecular flexibility index (Phi) is 7.39. The molecule has 2 aliphatic heterocycles. The lowest BCUT2D eigenvalue weighted by molar-refractivity contribution is 1.31. The smallest absolute Gasteiger partial charge is 0.0737 e. The molecule has 3 aliphatic rings. The van der Waals surface area contributed by atoms with Gasteiger partial charge in [0, 0.05) is 49.9 Å². The molecule has 0 saturated carbocycles. The molecule has 0 fully saturated rings. The molecule has 0 amide bonds. The fourth-order valence-electron chi connectivity index (χ4n) is 7.56. The zero-order valence-electron chi connectivity index (χ0n) is 28.7. The van der Waals surface area contributed by atoms with Crippen LogP contribution < -0.4 is 0 Å². The highest BCUT2D eigenvalue weighted by atomic mass is 14.8. The van der Waals surface area contributed by atoms with Gasteiger partial charge in [-0.05, 0) is 88.5 Å². The summed E-state index contributed by atoms with van der Waals surface area (Å²) < 4.78 is 0. The number of allylic oxidation sites excluding steroid dienone is 3. The Labute approximate surface area is 307 Å². The number of fused-ring (bicyclic) bond motifs is 8. The first kappa shape index (κ1) is 30.6. The molecule has 4 nitrogen and oxygen atoms in total. The highest BCUT2D eigenvalue weighted by molar-refractivity contribution is 6.00. The van der Waals surface area contributed by atoms with Crippen molar-refractivity contribution in [3.63, 3.8) is 0 Å². The summed E-state index contributed by atoms with van der Waals surface area (Å²) in [6, 6.07) is 48.9. The van der Waals surface area contributed by atoms with Crippen LogP contribution in [0.2, 0.25) is 0 Å². The van der Waals surface area contributed by atoms with Crippen LogP contribution in [0.25, 0.3) is 96.5 Å². The van der Waals surface area contributed by atoms with E-state index in [9.17, 15) is 0 Å². The maximum atomic E-state index is 5.41. The van der Waals surface area contributed by atoms with Gasteiger partial charge in [-0.15, -0.1) is 5.73 Å². The van der Waals surface area contributed by atoms with Gasteiger partial charge in [-0.3, -0.25) is 0 Å². The molecule has 7 aromatic rings. The van der Waals surface area contributed by atoms with Crippen molar-refractivity contribution in [3.8, 4) is 44.5 Å². The van der Waals surface area contributed by atoms with Gasteiger partial charge in [0.1, 0.15) is 0 Å². The van der Waals surface area contributed by atoms with Crippen LogP contribution in [0.3, 0.4) is 0 Å². The van der Waals surface area contributed by atoms with E-state index < -0.39 is 0 Å². The molecule has 4 aromatic carbocycles. The normalized spacial score (nSPS) is 12.8. The topological polar surface area (TPSA) is 57.4 Å². The Morgan fingerprint density at radius 3 is 1.02 bits per heavy atom. The first-order valence-electron chi connectivity index (χ1n) is 17.8. The molecule has 10 rings (SSSR count). The van der Waals surface area contributed by atoms with Crippen molar-refractivity contribution in [3.05, 3.63) is 192 Å². The third-order valence-corrected chi connectivity index (χ3v) is 10.0. The lowest BCUT2D eigenvalue weighted by Gasteiger charge is -2.07. The second-order valence-corrected chi connectivity index (χ2v) is 13.3. The van der Waals surface area contributed by atoms with Crippen LogP contribution in [-0.2, 0) is 0 Å². The average molecular weight is 677 g/mol. The molecule has 0 radical (unpaired) electrons. The molecule has 0 unspecified atom stereocenters. The highest BCUT2D eigenvalue weighted by Gasteiger charge is 2.19. The molecule has 8 bridgehead atoms. The SMILES string of the molecule is C1=CC=CC=1c1ccc(-c2c3nc(c(-c4ccccc4)c4ccc([nH]4)c(-c4ccccc4)c4nc(c(-c5ccccc5)c5ccc2[nH]5)C=C4)C=C3)cc1. The van der Waals surface area contributed by atoms with Crippen LogP contribution in [0.4, 0.5) is 0 Å². The number of nitrogens with one attached hydrogen (secondary N) is 2. The maximum Gasteiger partial charge on any atom is 0.0737 e. The van der Waals surface area contributed by atoms with E-state index in [1.54, 1.807) is 0 Å². The summed E-state index contributed by atoms with van der Waals surface area (Å²) in [7, 11) is 0. The van der Waals surface area contributed by atoms with E-state index in [0.717, 1.165) is 100 Å². The number of aromatic amines is 2. The summed E-state index contributed by atoms with van der Waals surface area (Å²) in [5, 5.41) is 0. The van der Waals surface area contributed by atoms with Crippen molar-refractivity contribution in [2.45, 2.75) is 0 Å². The standard InChI is InChI=1S/C49H32N4/c1-4-14-34(15-5-1)46-38-24-26-40(50-38)47(35-16-6-2-7-17-35)42-28-30-44(52-42)49(37-22-20-33(21-23-37)32-12-10-11-13-32)45-31-29-43(53-45)48(36-18-8-3-9-19-36)41-27-25-39(46)51-41/h1-12,14-31,50,53H. The van der Waals surface area contributed by atoms with Crippen LogP contribution >= 0.6 is 0 Å². The fraction of sp³-hybridized carbons (Fsp3) is 0. The molecule has 4 heteroatoms. The van der Waals surface area contributed by atoms with Gasteiger partial charge in [-0.25, -0.2) is 9.97 Å². The number of aromatic nitrogens is 4. The van der Waals surface area contributed by atoms with E-state index in [-0.39, 0.29) is 0 Å². The Bertz CT molecular complexity index is 2840. The van der Waals surface area contributed by atoms with E-state index in [1.165, 1.54) is 0 Å². The summed E-state index contributed by atoms with van der Waals surface area (Å²) in [6.07, 6.45) is 14.6. The number of rotatable bonds is 5. The molecule has 2 N–H and O–H groups in total. The summed E-state index contributed by atoms with van der Waals surface area (Å²) in [4.78, 5) is 18.5. The molecule has 5 heterocycles. The minimum absolute atomic E-state index is 0.889. The van der Waals surface area contributed by atoms with E-state index in [4.69, 9.17) is 9.97 Å². The predicted molar refractivity (Wildman–Crippen MR) is 221 cm³/mol. The highest BCUT2D eigenvalue weighted by Crippen LogP contribution is 2.38. The quantitative estimate of drug-likeness (QED) is 0.178. The van der Waals surface area contributed by atoms with Gasteiger partial charge >= 0.3 is 0 Å². The van der Waals surface area contributed by atoms with Crippen LogP contribution in [-0.4, -0.2) is 19.9 Å². The van der Waals surface area contributed by atoms with E-state index >= 15 is 0 Å². The predicted octanol–water partition coefficient (Wildman–Crippen LogP) is 12.4. The van der Waals surface area contributed by atoms with Crippen molar-refractivity contribution >= 4 is 51.9 Å². The van der Waals surface area contributed by atoms with E-state index in [1.807, 2.05) is 12.2 Å². The zero-order chi connectivity index (χ0) is 35.1. The largest absolute Gasteiger partial charge is 0.354 e. The molecule has 1 aliphatic carbocycles. The number of H-pyrrole nitrogens is 2. The lowest BCUT2D eigenvalue weighted by Crippen LogP contribution is -1.90. The third-order valence-electron chi connectivity index (χ3n) is 10.0. The lowest BCUT2D eigenvalue weighted by atomic mass is 10.00. The maximum absolute atomic E-state index is 5.41. The molecular formula is C49H32N4. The Morgan fingerprint density at radius 2 is 0.679 bits per heavy atom. The molecule has 53 heavy (non-hydrogen) atoms. The van der Waals surface area contributed by atoms with Crippen LogP contribution in [0.1, 0.15) is 28.3 Å². The van der Waals surface area contributed by atoms with Crippen LogP contribution in [0.15, 0.2) is 163 Å². The molecular weight excluding hydrogens is 645 g/mol. The van der Waals surface area contributed by atoms with Crippen molar-refractivity contribution < 1.29 is 0 Å². The van der Waals surface area contributed by atoms with Gasteiger partial charge in [0.2, 0.25) is 0 Å². The Morgan fingerprint density at radius 1 is 0.340 bits per heavy atom. The monoisotopic (exact) mass is 676 g/mol. The zero-order valence-corrected chi connectivity index (χ0v) is 28.7. The number of hydrogen-bond donors (Lipinski definition) is 2. The third kappa shape index (κ3) is 5.51. The fourth-order valence-corrected chi connectivity index (χ4v) is 7.56. The van der Waals surface area contributed by atoms with Crippen molar-refractivity contribution in [2.75, 3.05) is 0 Å². The van der Waals surface area contributed by atoms with Gasteiger partial charge in [0.25, 0.3) is 0 Å². The van der Waals surface area contributed by atoms with Gasteiger partial charge in [-0.2, -0.15) is 0 Å². The number of benzene rings is 4. The summed E-state index contributed by atoms with van der Waals surface area (Å²) >= 11 is 0. The molecule has 3 aromatic heterocycles. The van der Waals surface area contributed by atoms with Crippen molar-refractivity contribution in [1.29, 1.82) is 0 Å². The molecule has 0 atom stereocenters. The number of hydrogen-bond acceptors (Lipinski definition) is 2. The van der Waals surface area contributed by atoms with E-state index in [0.29, 0.717) is 0 Å². The van der Waals surface area contributed by atoms with Crippen LogP contribution in [0.5, 0.6) is 0 Å². The van der Waals surface area contributed by atoms with Crippen molar-refractivity contribution in [1.82, 2.24) is 19.9 Å². The first-order valence-corrected chi connectivity index (χ1v) is 17.8.